The summed E-state index contributed by atoms with van der Waals surface area (Å²) in [7, 11) is 0. The average Bonchev–Trinajstić information content (AvgIpc) is 3.48. The number of para-hydroxylation sites is 1. The maximum atomic E-state index is 4.64. The fraction of sp³-hybridized carbons (Fsp3) is 0.229. The van der Waals surface area contributed by atoms with Crippen LogP contribution in [0.1, 0.15) is 34.1 Å². The Labute approximate surface area is 242 Å². The number of aromatic nitrogens is 4. The van der Waals surface area contributed by atoms with Gasteiger partial charge in [0.15, 0.2) is 5.82 Å². The maximum absolute atomic E-state index is 4.64. The fourth-order valence-electron chi connectivity index (χ4n) is 5.78. The van der Waals surface area contributed by atoms with Gasteiger partial charge in [-0.2, -0.15) is 4.68 Å². The molecule has 0 aliphatic carbocycles. The van der Waals surface area contributed by atoms with E-state index in [4.69, 9.17) is 0 Å². The van der Waals surface area contributed by atoms with Gasteiger partial charge in [-0.1, -0.05) is 115 Å². The summed E-state index contributed by atoms with van der Waals surface area (Å²) in [6.07, 6.45) is 4.48. The normalized spacial score (nSPS) is 15.4. The second-order valence-corrected chi connectivity index (χ2v) is 10.7. The number of hydrogen-bond donors (Lipinski definition) is 0. The van der Waals surface area contributed by atoms with Gasteiger partial charge in [0.1, 0.15) is 0 Å². The predicted molar refractivity (Wildman–Crippen MR) is 166 cm³/mol. The third-order valence-corrected chi connectivity index (χ3v) is 7.97. The van der Waals surface area contributed by atoms with Gasteiger partial charge in [-0.3, -0.25) is 9.80 Å². The van der Waals surface area contributed by atoms with Gasteiger partial charge < -0.3 is 0 Å². The largest absolute Gasteiger partial charge is 0.297 e. The van der Waals surface area contributed by atoms with Crippen LogP contribution in [-0.4, -0.2) is 62.7 Å². The number of hydrogen-bond acceptors (Lipinski definition) is 5. The summed E-state index contributed by atoms with van der Waals surface area (Å²) in [5.74, 6) is 0.854. The number of piperazine rings is 1. The van der Waals surface area contributed by atoms with Gasteiger partial charge in [0, 0.05) is 32.7 Å². The zero-order chi connectivity index (χ0) is 28.0. The molecule has 1 atom stereocenters. The van der Waals surface area contributed by atoms with E-state index in [0.29, 0.717) is 0 Å². The van der Waals surface area contributed by atoms with E-state index < -0.39 is 0 Å². The molecule has 2 heterocycles. The van der Waals surface area contributed by atoms with Crippen LogP contribution in [-0.2, 0) is 0 Å². The number of aryl methyl sites for hydroxylation is 2. The van der Waals surface area contributed by atoms with Gasteiger partial charge in [0.2, 0.25) is 0 Å². The minimum absolute atomic E-state index is 0.0594. The van der Waals surface area contributed by atoms with Crippen molar-refractivity contribution in [2.75, 3.05) is 32.7 Å². The van der Waals surface area contributed by atoms with E-state index in [1.54, 1.807) is 0 Å². The Kier molecular flexibility index (Phi) is 8.12. The van der Waals surface area contributed by atoms with Gasteiger partial charge in [-0.05, 0) is 57.7 Å². The SMILES string of the molecule is Cc1cccc(C)c1-n1nnnc1[C@@H](c1ccc(-c2ccccc2)cc1)N1CCN(CC=Cc2ccccc2)CC1. The summed E-state index contributed by atoms with van der Waals surface area (Å²) in [5, 5.41) is 13.3. The van der Waals surface area contributed by atoms with Crippen molar-refractivity contribution >= 4 is 6.08 Å². The van der Waals surface area contributed by atoms with Crippen LogP contribution in [0.5, 0.6) is 0 Å². The minimum atomic E-state index is -0.0594. The molecule has 1 aliphatic heterocycles. The van der Waals surface area contributed by atoms with E-state index in [2.05, 4.69) is 154 Å². The smallest absolute Gasteiger partial charge is 0.178 e. The molecule has 6 heteroatoms. The van der Waals surface area contributed by atoms with Crippen molar-refractivity contribution in [2.45, 2.75) is 19.9 Å². The zero-order valence-electron chi connectivity index (χ0n) is 23.8. The molecule has 1 fully saturated rings. The Morgan fingerprint density at radius 2 is 1.34 bits per heavy atom. The Morgan fingerprint density at radius 1 is 0.707 bits per heavy atom. The Bertz CT molecular complexity index is 1560. The molecule has 206 valence electrons. The van der Waals surface area contributed by atoms with Crippen LogP contribution in [0, 0.1) is 13.8 Å². The van der Waals surface area contributed by atoms with Gasteiger partial charge in [-0.25, -0.2) is 0 Å². The van der Waals surface area contributed by atoms with Gasteiger partial charge >= 0.3 is 0 Å². The van der Waals surface area contributed by atoms with E-state index in [1.807, 2.05) is 4.68 Å². The van der Waals surface area contributed by atoms with Gasteiger partial charge in [-0.15, -0.1) is 5.10 Å². The van der Waals surface area contributed by atoms with E-state index in [9.17, 15) is 0 Å². The predicted octanol–water partition coefficient (Wildman–Crippen LogP) is 6.37. The van der Waals surface area contributed by atoms with Crippen molar-refractivity contribution in [3.05, 3.63) is 137 Å². The molecular weight excluding hydrogens is 504 g/mol. The first-order valence-electron chi connectivity index (χ1n) is 14.4. The molecule has 4 aromatic carbocycles. The van der Waals surface area contributed by atoms with E-state index in [-0.39, 0.29) is 6.04 Å². The molecule has 41 heavy (non-hydrogen) atoms. The van der Waals surface area contributed by atoms with Crippen LogP contribution in [0.15, 0.2) is 109 Å². The zero-order valence-corrected chi connectivity index (χ0v) is 23.8. The summed E-state index contributed by atoms with van der Waals surface area (Å²) < 4.78 is 1.95. The highest BCUT2D eigenvalue weighted by Crippen LogP contribution is 2.32. The summed E-state index contributed by atoms with van der Waals surface area (Å²) in [6.45, 7) is 9.04. The third-order valence-electron chi connectivity index (χ3n) is 7.97. The lowest BCUT2D eigenvalue weighted by Gasteiger charge is -2.38. The average molecular weight is 541 g/mol. The molecular formula is C35H36N6. The van der Waals surface area contributed by atoms with Crippen molar-refractivity contribution in [2.24, 2.45) is 0 Å². The van der Waals surface area contributed by atoms with Crippen molar-refractivity contribution in [3.8, 4) is 16.8 Å². The lowest BCUT2D eigenvalue weighted by molar-refractivity contribution is 0.113. The Balaban J connectivity index is 1.28. The van der Waals surface area contributed by atoms with Crippen LogP contribution in [0.3, 0.4) is 0 Å². The summed E-state index contributed by atoms with van der Waals surface area (Å²) in [6, 6.07) is 36.2. The molecule has 1 saturated heterocycles. The lowest BCUT2D eigenvalue weighted by Crippen LogP contribution is -2.48. The van der Waals surface area contributed by atoms with E-state index in [1.165, 1.54) is 22.3 Å². The minimum Gasteiger partial charge on any atom is -0.297 e. The molecule has 0 saturated carbocycles. The molecule has 1 aliphatic rings. The van der Waals surface area contributed by atoms with E-state index >= 15 is 0 Å². The molecule has 0 radical (unpaired) electrons. The third kappa shape index (κ3) is 6.04. The quantitative estimate of drug-likeness (QED) is 0.229. The second-order valence-electron chi connectivity index (χ2n) is 10.7. The molecule has 0 unspecified atom stereocenters. The molecule has 0 amide bonds. The first kappa shape index (κ1) is 26.8. The topological polar surface area (TPSA) is 50.1 Å². The molecule has 6 rings (SSSR count). The highest BCUT2D eigenvalue weighted by atomic mass is 15.6. The van der Waals surface area contributed by atoms with Crippen molar-refractivity contribution in [1.29, 1.82) is 0 Å². The lowest BCUT2D eigenvalue weighted by atomic mass is 9.98. The van der Waals surface area contributed by atoms with Gasteiger partial charge in [0.05, 0.1) is 11.7 Å². The standard InChI is InChI=1S/C35H36N6/c1-27-11-9-12-28(2)33(27)41-35(36-37-38-41)34(32-20-18-31(19-21-32)30-16-7-4-8-17-30)40-25-23-39(24-26-40)22-10-15-29-13-5-3-6-14-29/h3-21,34H,22-26H2,1-2H3/t34-/m1/s1. The summed E-state index contributed by atoms with van der Waals surface area (Å²) in [4.78, 5) is 5.05. The fourth-order valence-corrected chi connectivity index (χ4v) is 5.78. The highest BCUT2D eigenvalue weighted by Gasteiger charge is 2.31. The highest BCUT2D eigenvalue weighted by molar-refractivity contribution is 5.63. The first-order chi connectivity index (χ1) is 20.2. The molecule has 0 spiro atoms. The van der Waals surface area contributed by atoms with Crippen molar-refractivity contribution in [3.63, 3.8) is 0 Å². The molecule has 5 aromatic rings. The van der Waals surface area contributed by atoms with Crippen molar-refractivity contribution in [1.82, 2.24) is 30.0 Å². The first-order valence-corrected chi connectivity index (χ1v) is 14.4. The van der Waals surface area contributed by atoms with Crippen LogP contribution < -0.4 is 0 Å². The maximum Gasteiger partial charge on any atom is 0.178 e. The second kappa shape index (κ2) is 12.4. The van der Waals surface area contributed by atoms with Gasteiger partial charge in [0.25, 0.3) is 0 Å². The number of benzene rings is 4. The van der Waals surface area contributed by atoms with Crippen LogP contribution >= 0.6 is 0 Å². The number of tetrazole rings is 1. The van der Waals surface area contributed by atoms with Crippen LogP contribution in [0.4, 0.5) is 0 Å². The van der Waals surface area contributed by atoms with Crippen LogP contribution in [0.25, 0.3) is 22.9 Å². The summed E-state index contributed by atoms with van der Waals surface area (Å²) in [5.41, 5.74) is 8.24. The number of nitrogens with zero attached hydrogens (tertiary/aromatic N) is 6. The molecule has 1 aromatic heterocycles. The number of rotatable bonds is 8. The molecule has 0 bridgehead atoms. The Morgan fingerprint density at radius 3 is 2.02 bits per heavy atom. The molecule has 6 nitrogen and oxygen atoms in total. The Hall–Kier alpha value is -4.39. The van der Waals surface area contributed by atoms with E-state index in [0.717, 1.165) is 55.4 Å². The monoisotopic (exact) mass is 540 g/mol. The van der Waals surface area contributed by atoms with Crippen molar-refractivity contribution < 1.29 is 0 Å². The molecule has 0 N–H and O–H groups in total. The van der Waals surface area contributed by atoms with Crippen LogP contribution in [0.2, 0.25) is 0 Å². The summed E-state index contributed by atoms with van der Waals surface area (Å²) >= 11 is 0.